The number of carbonyl (C=O) groups excluding carboxylic acids is 2. The zero-order valence-electron chi connectivity index (χ0n) is 17.9. The van der Waals surface area contributed by atoms with Crippen LogP contribution in [0.4, 0.5) is 21.3 Å². The van der Waals surface area contributed by atoms with Gasteiger partial charge >= 0.3 is 6.03 Å². The van der Waals surface area contributed by atoms with E-state index in [2.05, 4.69) is 15.5 Å². The van der Waals surface area contributed by atoms with Crippen LogP contribution in [0.15, 0.2) is 48.5 Å². The van der Waals surface area contributed by atoms with Crippen molar-refractivity contribution < 1.29 is 9.59 Å². The topological polar surface area (TPSA) is 77.6 Å². The van der Waals surface area contributed by atoms with Gasteiger partial charge in [-0.15, -0.1) is 0 Å². The summed E-state index contributed by atoms with van der Waals surface area (Å²) in [4.78, 5) is 34.4. The highest BCUT2D eigenvalue weighted by Crippen LogP contribution is 2.32. The number of carbonyl (C=O) groups is 2. The molecule has 2 aromatic carbocycles. The van der Waals surface area contributed by atoms with Crippen molar-refractivity contribution in [1.82, 2.24) is 9.88 Å². The summed E-state index contributed by atoms with van der Waals surface area (Å²) in [6.45, 7) is 3.22. The minimum absolute atomic E-state index is 0.0363. The fourth-order valence-corrected chi connectivity index (χ4v) is 5.43. The average Bonchev–Trinajstić information content (AvgIpc) is 3.49. The summed E-state index contributed by atoms with van der Waals surface area (Å²) < 4.78 is 1.08. The molecule has 3 amide bonds. The molecular weight excluding hydrogens is 422 g/mol. The van der Waals surface area contributed by atoms with E-state index in [-0.39, 0.29) is 17.9 Å². The fourth-order valence-electron chi connectivity index (χ4n) is 4.38. The first-order valence-corrected chi connectivity index (χ1v) is 12.0. The summed E-state index contributed by atoms with van der Waals surface area (Å²) in [6.07, 6.45) is 4.04. The van der Waals surface area contributed by atoms with Crippen LogP contribution >= 0.6 is 11.3 Å². The molecule has 5 rings (SSSR count). The number of para-hydroxylation sites is 1. The van der Waals surface area contributed by atoms with Crippen LogP contribution in [0.25, 0.3) is 10.2 Å². The molecule has 0 spiro atoms. The van der Waals surface area contributed by atoms with Crippen LogP contribution in [-0.4, -0.2) is 48.0 Å². The van der Waals surface area contributed by atoms with Gasteiger partial charge in [-0.05, 0) is 56.0 Å². The Bertz CT molecular complexity index is 1110. The maximum Gasteiger partial charge on any atom is 0.321 e. The third-order valence-corrected chi connectivity index (χ3v) is 7.20. The lowest BCUT2D eigenvalue weighted by Crippen LogP contribution is -2.45. The summed E-state index contributed by atoms with van der Waals surface area (Å²) in [5.41, 5.74) is 2.51. The van der Waals surface area contributed by atoms with Gasteiger partial charge in [-0.2, -0.15) is 0 Å². The van der Waals surface area contributed by atoms with Crippen LogP contribution in [0, 0.1) is 5.92 Å². The molecule has 1 atom stereocenters. The fraction of sp³-hybridized carbons (Fsp3) is 0.375. The van der Waals surface area contributed by atoms with Gasteiger partial charge in [-0.3, -0.25) is 4.79 Å². The third-order valence-electron chi connectivity index (χ3n) is 6.13. The molecule has 1 unspecified atom stereocenters. The number of piperidine rings is 1. The first-order valence-electron chi connectivity index (χ1n) is 11.2. The molecular formula is C24H27N5O2S. The van der Waals surface area contributed by atoms with Crippen LogP contribution in [0.2, 0.25) is 0 Å². The number of hydrogen-bond acceptors (Lipinski definition) is 5. The number of hydrogen-bond donors (Lipinski definition) is 2. The van der Waals surface area contributed by atoms with E-state index in [1.165, 1.54) is 12.8 Å². The predicted octanol–water partition coefficient (Wildman–Crippen LogP) is 4.78. The Balaban J connectivity index is 1.22. The van der Waals surface area contributed by atoms with E-state index in [1.807, 2.05) is 48.5 Å². The minimum Gasteiger partial charge on any atom is -0.348 e. The first-order chi connectivity index (χ1) is 15.7. The zero-order chi connectivity index (χ0) is 21.9. The second kappa shape index (κ2) is 9.16. The van der Waals surface area contributed by atoms with E-state index in [0.29, 0.717) is 13.1 Å². The van der Waals surface area contributed by atoms with Crippen molar-refractivity contribution in [2.45, 2.75) is 25.7 Å². The highest BCUT2D eigenvalue weighted by molar-refractivity contribution is 7.22. The number of anilines is 3. The second-order valence-corrected chi connectivity index (χ2v) is 9.45. The average molecular weight is 450 g/mol. The number of nitrogens with one attached hydrogen (secondary N) is 2. The first kappa shape index (κ1) is 20.8. The Hall–Kier alpha value is -3.13. The number of aromatic nitrogens is 1. The van der Waals surface area contributed by atoms with Crippen molar-refractivity contribution in [3.63, 3.8) is 0 Å². The lowest BCUT2D eigenvalue weighted by atomic mass is 9.97. The normalized spacial score (nSPS) is 18.7. The maximum atomic E-state index is 13.0. The van der Waals surface area contributed by atoms with Crippen molar-refractivity contribution >= 4 is 50.0 Å². The van der Waals surface area contributed by atoms with Crippen molar-refractivity contribution in [3.8, 4) is 0 Å². The molecule has 0 radical (unpaired) electrons. The van der Waals surface area contributed by atoms with E-state index in [0.717, 1.165) is 52.7 Å². The standard InChI is InChI=1S/C24H27N5O2S/c30-22(17-7-6-14-29(16-17)23(31)26-18-8-2-1-3-9-18)25-19-10-11-20-21(15-19)32-24(27-20)28-12-4-5-13-28/h1-3,8-11,15,17H,4-7,12-14,16H2,(H,25,30)(H,26,31). The smallest absolute Gasteiger partial charge is 0.321 e. The summed E-state index contributed by atoms with van der Waals surface area (Å²) >= 11 is 1.68. The Morgan fingerprint density at radius 1 is 0.938 bits per heavy atom. The number of rotatable bonds is 4. The molecule has 0 saturated carbocycles. The third kappa shape index (κ3) is 4.55. The van der Waals surface area contributed by atoms with Gasteiger partial charge in [0.05, 0.1) is 16.1 Å². The van der Waals surface area contributed by atoms with E-state index in [1.54, 1.807) is 16.2 Å². The van der Waals surface area contributed by atoms with E-state index < -0.39 is 0 Å². The summed E-state index contributed by atoms with van der Waals surface area (Å²) in [7, 11) is 0. The van der Waals surface area contributed by atoms with E-state index >= 15 is 0 Å². The predicted molar refractivity (Wildman–Crippen MR) is 129 cm³/mol. The van der Waals surface area contributed by atoms with Crippen LogP contribution in [-0.2, 0) is 4.79 Å². The van der Waals surface area contributed by atoms with Gasteiger partial charge in [0.25, 0.3) is 0 Å². The SMILES string of the molecule is O=C(Nc1ccc2nc(N3CCCC3)sc2c1)C1CCCN(C(=O)Nc2ccccc2)C1. The molecule has 166 valence electrons. The lowest BCUT2D eigenvalue weighted by Gasteiger charge is -2.32. The van der Waals surface area contributed by atoms with Gasteiger partial charge < -0.3 is 20.4 Å². The number of amides is 3. The van der Waals surface area contributed by atoms with E-state index in [4.69, 9.17) is 4.98 Å². The molecule has 2 fully saturated rings. The number of fused-ring (bicyclic) bond motifs is 1. The quantitative estimate of drug-likeness (QED) is 0.601. The Labute approximate surface area is 191 Å². The molecule has 0 aliphatic carbocycles. The summed E-state index contributed by atoms with van der Waals surface area (Å²) in [5.74, 6) is -0.256. The Kier molecular flexibility index (Phi) is 5.94. The van der Waals surface area contributed by atoms with Gasteiger partial charge in [0.2, 0.25) is 5.91 Å². The van der Waals surface area contributed by atoms with Gasteiger partial charge in [0, 0.05) is 37.6 Å². The number of likely N-dealkylation sites (tertiary alicyclic amines) is 1. The highest BCUT2D eigenvalue weighted by atomic mass is 32.1. The summed E-state index contributed by atoms with van der Waals surface area (Å²) in [6, 6.07) is 15.1. The number of nitrogens with zero attached hydrogens (tertiary/aromatic N) is 3. The molecule has 32 heavy (non-hydrogen) atoms. The molecule has 7 nitrogen and oxygen atoms in total. The monoisotopic (exact) mass is 449 g/mol. The molecule has 2 aliphatic rings. The molecule has 8 heteroatoms. The molecule has 3 heterocycles. The van der Waals surface area contributed by atoms with Crippen LogP contribution in [0.3, 0.4) is 0 Å². The second-order valence-electron chi connectivity index (χ2n) is 8.44. The Morgan fingerprint density at radius 3 is 2.56 bits per heavy atom. The molecule has 2 saturated heterocycles. The molecule has 1 aromatic heterocycles. The zero-order valence-corrected chi connectivity index (χ0v) is 18.7. The van der Waals surface area contributed by atoms with Gasteiger partial charge in [-0.25, -0.2) is 9.78 Å². The molecule has 3 aromatic rings. The number of urea groups is 1. The lowest BCUT2D eigenvalue weighted by molar-refractivity contribution is -0.121. The molecule has 0 bridgehead atoms. The maximum absolute atomic E-state index is 13.0. The van der Waals surface area contributed by atoms with Crippen LogP contribution in [0.1, 0.15) is 25.7 Å². The van der Waals surface area contributed by atoms with E-state index in [9.17, 15) is 9.59 Å². The van der Waals surface area contributed by atoms with Crippen molar-refractivity contribution in [1.29, 1.82) is 0 Å². The molecule has 2 aliphatic heterocycles. The summed E-state index contributed by atoms with van der Waals surface area (Å²) in [5, 5.41) is 7.04. The van der Waals surface area contributed by atoms with Crippen molar-refractivity contribution in [2.24, 2.45) is 5.92 Å². The number of thiazole rings is 1. The highest BCUT2D eigenvalue weighted by Gasteiger charge is 2.28. The van der Waals surface area contributed by atoms with Gasteiger partial charge in [0.1, 0.15) is 0 Å². The van der Waals surface area contributed by atoms with Crippen LogP contribution in [0.5, 0.6) is 0 Å². The number of benzene rings is 2. The van der Waals surface area contributed by atoms with Crippen molar-refractivity contribution in [3.05, 3.63) is 48.5 Å². The Morgan fingerprint density at radius 2 is 1.75 bits per heavy atom. The van der Waals surface area contributed by atoms with Gasteiger partial charge in [0.15, 0.2) is 5.13 Å². The van der Waals surface area contributed by atoms with Crippen molar-refractivity contribution in [2.75, 3.05) is 41.7 Å². The molecule has 2 N–H and O–H groups in total. The van der Waals surface area contributed by atoms with Gasteiger partial charge in [-0.1, -0.05) is 29.5 Å². The van der Waals surface area contributed by atoms with Crippen LogP contribution < -0.4 is 15.5 Å². The largest absolute Gasteiger partial charge is 0.348 e. The minimum atomic E-state index is -0.220.